The molecule has 1 aliphatic rings. The van der Waals surface area contributed by atoms with Crippen LogP contribution in [0.2, 0.25) is 0 Å². The number of benzene rings is 2. The van der Waals surface area contributed by atoms with Crippen molar-refractivity contribution in [1.29, 1.82) is 0 Å². The van der Waals surface area contributed by atoms with E-state index < -0.39 is 26.1 Å². The number of hydrogen-bond acceptors (Lipinski definition) is 4. The minimum atomic E-state index is -9.93. The highest BCUT2D eigenvalue weighted by Crippen LogP contribution is 3.02. The molecule has 0 bridgehead atoms. The molecule has 2 heterocycles. The van der Waals surface area contributed by atoms with Crippen molar-refractivity contribution < 1.29 is 24.2 Å². The van der Waals surface area contributed by atoms with Crippen LogP contribution in [0.15, 0.2) is 52.2 Å². The summed E-state index contributed by atoms with van der Waals surface area (Å²) in [5, 5.41) is -0.532. The SMILES string of the molecule is Cc1nc2ccc(S(F)(F)(F)(F)F)cc2c(=O)n1-c1ccc(OCCCN2CCCCCC2)cc1. The number of aromatic nitrogens is 2. The molecule has 0 N–H and O–H groups in total. The fraction of sp³-hybridized carbons (Fsp3) is 0.417. The monoisotopic (exact) mass is 517 g/mol. The first-order valence-corrected chi connectivity index (χ1v) is 13.5. The molecule has 1 fully saturated rings. The second-order valence-electron chi connectivity index (χ2n) is 8.90. The summed E-state index contributed by atoms with van der Waals surface area (Å²) in [7, 11) is -9.93. The molecule has 1 aromatic heterocycles. The summed E-state index contributed by atoms with van der Waals surface area (Å²) in [6.07, 6.45) is 5.90. The average Bonchev–Trinajstić information content (AvgIpc) is 3.05. The lowest BCUT2D eigenvalue weighted by Gasteiger charge is -2.40. The molecule has 0 saturated carbocycles. The van der Waals surface area contributed by atoms with Gasteiger partial charge < -0.3 is 9.64 Å². The third kappa shape index (κ3) is 6.13. The molecule has 0 radical (unpaired) electrons. The standard InChI is InChI=1S/C24H28F5N3O2S/c1-18-30-23-12-11-21(35(25,26,27,28)29)17-22(23)24(33)32(18)19-7-9-20(10-8-19)34-16-6-15-31-13-4-2-3-5-14-31/h7-12,17H,2-6,13-16H2,1H3. The molecule has 0 unspecified atom stereocenters. The highest BCUT2D eigenvalue weighted by molar-refractivity contribution is 8.45. The summed E-state index contributed by atoms with van der Waals surface area (Å²) in [5.74, 6) is 0.806. The van der Waals surface area contributed by atoms with E-state index in [4.69, 9.17) is 4.74 Å². The molecule has 2 aromatic carbocycles. The number of hydrogen-bond donors (Lipinski definition) is 0. The van der Waals surface area contributed by atoms with Gasteiger partial charge in [-0.2, -0.15) is 0 Å². The molecule has 1 saturated heterocycles. The molecule has 0 amide bonds. The van der Waals surface area contributed by atoms with Crippen molar-refractivity contribution in [2.45, 2.75) is 43.9 Å². The molecule has 192 valence electrons. The van der Waals surface area contributed by atoms with Gasteiger partial charge >= 0.3 is 10.2 Å². The first-order valence-electron chi connectivity index (χ1n) is 11.5. The van der Waals surface area contributed by atoms with E-state index in [9.17, 15) is 24.2 Å². The summed E-state index contributed by atoms with van der Waals surface area (Å²) >= 11 is 0. The second kappa shape index (κ2) is 8.77. The Balaban J connectivity index is 1.51. The van der Waals surface area contributed by atoms with Gasteiger partial charge in [0.25, 0.3) is 5.56 Å². The quantitative estimate of drug-likeness (QED) is 0.250. The number of aryl methyl sites for hydroxylation is 1. The zero-order valence-electron chi connectivity index (χ0n) is 19.4. The van der Waals surface area contributed by atoms with Crippen LogP contribution in [-0.4, -0.2) is 40.7 Å². The maximum absolute atomic E-state index is 13.3. The Bertz CT molecular complexity index is 1270. The Morgan fingerprint density at radius 3 is 2.23 bits per heavy atom. The molecule has 1 aliphatic heterocycles. The zero-order chi connectivity index (χ0) is 25.3. The third-order valence-electron chi connectivity index (χ3n) is 6.13. The molecule has 11 heteroatoms. The lowest BCUT2D eigenvalue weighted by molar-refractivity contribution is 0.240. The Hall–Kier alpha value is -2.66. The van der Waals surface area contributed by atoms with E-state index >= 15 is 0 Å². The van der Waals surface area contributed by atoms with E-state index in [0.717, 1.165) is 36.7 Å². The predicted molar refractivity (Wildman–Crippen MR) is 128 cm³/mol. The lowest BCUT2D eigenvalue weighted by atomic mass is 10.2. The molecule has 35 heavy (non-hydrogen) atoms. The van der Waals surface area contributed by atoms with Crippen LogP contribution in [0.3, 0.4) is 0 Å². The molecule has 5 nitrogen and oxygen atoms in total. The molecule has 0 atom stereocenters. The smallest absolute Gasteiger partial charge is 0.310 e. The maximum atomic E-state index is 13.3. The van der Waals surface area contributed by atoms with Crippen LogP contribution >= 0.6 is 10.2 Å². The number of likely N-dealkylation sites (tertiary alicyclic amines) is 1. The van der Waals surface area contributed by atoms with Gasteiger partial charge in [-0.15, -0.1) is 0 Å². The Morgan fingerprint density at radius 1 is 0.943 bits per heavy atom. The molecule has 3 aromatic rings. The molecule has 4 rings (SSSR count). The number of ether oxygens (including phenoxy) is 1. The number of rotatable bonds is 7. The number of halogens is 5. The van der Waals surface area contributed by atoms with E-state index in [1.54, 1.807) is 24.3 Å². The van der Waals surface area contributed by atoms with Crippen molar-refractivity contribution in [3.05, 3.63) is 58.6 Å². The van der Waals surface area contributed by atoms with E-state index in [-0.39, 0.29) is 23.5 Å². The largest absolute Gasteiger partial charge is 0.494 e. The van der Waals surface area contributed by atoms with Gasteiger partial charge in [0, 0.05) is 6.54 Å². The Kier molecular flexibility index (Phi) is 6.38. The third-order valence-corrected chi connectivity index (χ3v) is 7.28. The van der Waals surface area contributed by atoms with Crippen molar-refractivity contribution in [3.8, 4) is 11.4 Å². The van der Waals surface area contributed by atoms with Crippen LogP contribution < -0.4 is 10.3 Å². The van der Waals surface area contributed by atoms with Gasteiger partial charge in [0.1, 0.15) is 16.5 Å². The first-order chi connectivity index (χ1) is 16.3. The summed E-state index contributed by atoms with van der Waals surface area (Å²) in [5.41, 5.74) is -0.599. The van der Waals surface area contributed by atoms with Gasteiger partial charge in [0.15, 0.2) is 0 Å². The van der Waals surface area contributed by atoms with Gasteiger partial charge in [-0.25, -0.2) is 4.98 Å². The minimum absolute atomic E-state index is 0.0845. The van der Waals surface area contributed by atoms with Crippen LogP contribution in [0.1, 0.15) is 37.9 Å². The van der Waals surface area contributed by atoms with Crippen molar-refractivity contribution in [2.24, 2.45) is 0 Å². The normalized spacial score (nSPS) is 17.5. The van der Waals surface area contributed by atoms with Gasteiger partial charge in [-0.1, -0.05) is 32.3 Å². The summed E-state index contributed by atoms with van der Waals surface area (Å²) < 4.78 is 73.2. The average molecular weight is 518 g/mol. The van der Waals surface area contributed by atoms with Crippen LogP contribution in [-0.2, 0) is 0 Å². The highest BCUT2D eigenvalue weighted by atomic mass is 32.5. The lowest BCUT2D eigenvalue weighted by Crippen LogP contribution is -2.26. The van der Waals surface area contributed by atoms with Gasteiger partial charge in [-0.05, 0) is 81.7 Å². The summed E-state index contributed by atoms with van der Waals surface area (Å²) in [4.78, 5) is 17.5. The number of fused-ring (bicyclic) bond motifs is 1. The van der Waals surface area contributed by atoms with Crippen LogP contribution in [0, 0.1) is 6.92 Å². The zero-order valence-corrected chi connectivity index (χ0v) is 20.2. The van der Waals surface area contributed by atoms with Crippen LogP contribution in [0.4, 0.5) is 19.4 Å². The van der Waals surface area contributed by atoms with Crippen LogP contribution in [0.5, 0.6) is 5.75 Å². The summed E-state index contributed by atoms with van der Waals surface area (Å²) in [6, 6.07) is 7.72. The summed E-state index contributed by atoms with van der Waals surface area (Å²) in [6.45, 7) is 5.25. The molecular formula is C24H28F5N3O2S. The number of nitrogens with zero attached hydrogens (tertiary/aromatic N) is 3. The highest BCUT2D eigenvalue weighted by Gasteiger charge is 2.65. The Morgan fingerprint density at radius 2 is 1.60 bits per heavy atom. The van der Waals surface area contributed by atoms with Crippen molar-refractivity contribution in [2.75, 3.05) is 26.2 Å². The molecule has 0 aliphatic carbocycles. The topological polar surface area (TPSA) is 47.4 Å². The van der Waals surface area contributed by atoms with E-state index in [0.29, 0.717) is 18.0 Å². The fourth-order valence-corrected chi connectivity index (χ4v) is 5.01. The van der Waals surface area contributed by atoms with Gasteiger partial charge in [0.2, 0.25) is 0 Å². The second-order valence-corrected chi connectivity index (χ2v) is 11.3. The predicted octanol–water partition coefficient (Wildman–Crippen LogP) is 7.00. The van der Waals surface area contributed by atoms with Crippen molar-refractivity contribution >= 4 is 21.1 Å². The maximum Gasteiger partial charge on any atom is 0.310 e. The fourth-order valence-electron chi connectivity index (χ4n) is 4.35. The Labute approximate surface area is 200 Å². The van der Waals surface area contributed by atoms with Crippen LogP contribution in [0.25, 0.3) is 16.6 Å². The van der Waals surface area contributed by atoms with E-state index in [1.807, 2.05) is 0 Å². The van der Waals surface area contributed by atoms with Crippen molar-refractivity contribution in [1.82, 2.24) is 14.5 Å². The first kappa shape index (κ1) is 25.4. The molecular weight excluding hydrogens is 489 g/mol. The van der Waals surface area contributed by atoms with Gasteiger partial charge in [0.05, 0.1) is 23.2 Å². The van der Waals surface area contributed by atoms with Crippen molar-refractivity contribution in [3.63, 3.8) is 0 Å². The van der Waals surface area contributed by atoms with E-state index in [1.165, 1.54) is 32.6 Å². The van der Waals surface area contributed by atoms with E-state index in [2.05, 4.69) is 9.88 Å². The minimum Gasteiger partial charge on any atom is -0.494 e. The van der Waals surface area contributed by atoms with Gasteiger partial charge in [-0.3, -0.25) is 9.36 Å². The molecule has 0 spiro atoms.